The molecular weight excluding hydrogens is 490 g/mol. The molecule has 1 amide bonds. The summed E-state index contributed by atoms with van der Waals surface area (Å²) in [6.07, 6.45) is 3.90. The number of carbonyl (C=O) groups excluding carboxylic acids is 1. The second-order valence-electron chi connectivity index (χ2n) is 11.0. The molecule has 0 N–H and O–H groups in total. The second kappa shape index (κ2) is 11.7. The summed E-state index contributed by atoms with van der Waals surface area (Å²) in [6, 6.07) is 9.31. The van der Waals surface area contributed by atoms with E-state index in [-0.39, 0.29) is 18.4 Å². The predicted octanol–water partition coefficient (Wildman–Crippen LogP) is 3.20. The van der Waals surface area contributed by atoms with Crippen LogP contribution in [0.3, 0.4) is 0 Å². The summed E-state index contributed by atoms with van der Waals surface area (Å²) in [6.45, 7) is 13.7. The molecule has 0 aliphatic carbocycles. The fourth-order valence-electron chi connectivity index (χ4n) is 6.04. The number of rotatable bonds is 8. The number of hydrogen-bond acceptors (Lipinski definition) is 8. The van der Waals surface area contributed by atoms with Crippen LogP contribution in [-0.2, 0) is 24.4 Å². The van der Waals surface area contributed by atoms with Gasteiger partial charge in [-0.1, -0.05) is 24.8 Å². The maximum Gasteiger partial charge on any atom is 0.318 e. The fraction of sp³-hybridized carbons (Fsp3) is 0.533. The van der Waals surface area contributed by atoms with E-state index >= 15 is 0 Å². The number of benzene rings is 1. The molecule has 4 heterocycles. The van der Waals surface area contributed by atoms with Crippen LogP contribution in [0.5, 0.6) is 6.01 Å². The topological polar surface area (TPSA) is 88.8 Å². The van der Waals surface area contributed by atoms with Crippen molar-refractivity contribution in [1.82, 2.24) is 24.7 Å². The Morgan fingerprint density at radius 3 is 2.79 bits per heavy atom. The van der Waals surface area contributed by atoms with Crippen LogP contribution in [0.15, 0.2) is 30.9 Å². The number of amides is 1. The van der Waals surface area contributed by atoms with Gasteiger partial charge >= 0.3 is 6.01 Å². The van der Waals surface area contributed by atoms with E-state index in [0.29, 0.717) is 38.3 Å². The van der Waals surface area contributed by atoms with Gasteiger partial charge in [-0.25, -0.2) is 0 Å². The lowest BCUT2D eigenvalue weighted by atomic mass is 10.0. The summed E-state index contributed by atoms with van der Waals surface area (Å²) >= 11 is 0. The average molecular weight is 530 g/mol. The van der Waals surface area contributed by atoms with Gasteiger partial charge < -0.3 is 19.4 Å². The van der Waals surface area contributed by atoms with Gasteiger partial charge in [0.2, 0.25) is 5.91 Å². The van der Waals surface area contributed by atoms with Crippen molar-refractivity contribution in [1.29, 1.82) is 5.26 Å². The van der Waals surface area contributed by atoms with Gasteiger partial charge in [-0.05, 0) is 63.0 Å². The summed E-state index contributed by atoms with van der Waals surface area (Å²) < 4.78 is 6.22. The SMILES string of the molecule is C=CC(=O)N1CCN(c2nc(OC[C@@H]3CCCN3C)nc3c2CN(Cc2cccc(C)c2C)C3)C[C@@H]1CC#N. The highest BCUT2D eigenvalue weighted by Crippen LogP contribution is 2.34. The van der Waals surface area contributed by atoms with Crippen LogP contribution in [0.1, 0.15) is 47.2 Å². The first-order chi connectivity index (χ1) is 18.9. The molecule has 0 saturated carbocycles. The molecule has 3 aliphatic heterocycles. The van der Waals surface area contributed by atoms with Crippen molar-refractivity contribution in [3.8, 4) is 12.1 Å². The highest BCUT2D eigenvalue weighted by Gasteiger charge is 2.34. The van der Waals surface area contributed by atoms with Crippen LogP contribution >= 0.6 is 0 Å². The van der Waals surface area contributed by atoms with E-state index in [0.717, 1.165) is 49.7 Å². The third kappa shape index (κ3) is 5.77. The Hall–Kier alpha value is -3.48. The Kier molecular flexibility index (Phi) is 8.15. The molecule has 1 aromatic carbocycles. The van der Waals surface area contributed by atoms with Crippen molar-refractivity contribution in [3.63, 3.8) is 0 Å². The highest BCUT2D eigenvalue weighted by atomic mass is 16.5. The van der Waals surface area contributed by atoms with Crippen LogP contribution in [0, 0.1) is 25.2 Å². The van der Waals surface area contributed by atoms with E-state index in [9.17, 15) is 10.1 Å². The molecule has 0 unspecified atom stereocenters. The quantitative estimate of drug-likeness (QED) is 0.482. The van der Waals surface area contributed by atoms with Gasteiger partial charge in [-0.3, -0.25) is 9.69 Å². The molecule has 0 spiro atoms. The minimum Gasteiger partial charge on any atom is -0.462 e. The molecule has 2 aromatic rings. The molecule has 5 rings (SSSR count). The van der Waals surface area contributed by atoms with Crippen LogP contribution in [-0.4, -0.2) is 82.5 Å². The normalized spacial score (nSPS) is 21.6. The number of anilines is 1. The summed E-state index contributed by atoms with van der Waals surface area (Å²) in [7, 11) is 2.14. The van der Waals surface area contributed by atoms with Gasteiger partial charge in [0.25, 0.3) is 0 Å². The lowest BCUT2D eigenvalue weighted by Crippen LogP contribution is -2.55. The maximum atomic E-state index is 12.5. The van der Waals surface area contributed by atoms with Gasteiger partial charge in [0.05, 0.1) is 24.2 Å². The number of likely N-dealkylation sites (N-methyl/N-ethyl adjacent to an activating group) is 1. The Morgan fingerprint density at radius 2 is 2.05 bits per heavy atom. The first kappa shape index (κ1) is 27.1. The summed E-state index contributed by atoms with van der Waals surface area (Å²) in [4.78, 5) is 31.0. The van der Waals surface area contributed by atoms with Gasteiger partial charge in [-0.15, -0.1) is 0 Å². The van der Waals surface area contributed by atoms with Crippen molar-refractivity contribution in [2.75, 3.05) is 44.7 Å². The molecular formula is C30H39N7O2. The minimum absolute atomic E-state index is 0.132. The molecule has 2 fully saturated rings. The van der Waals surface area contributed by atoms with Crippen LogP contribution in [0.4, 0.5) is 5.82 Å². The monoisotopic (exact) mass is 529 g/mol. The van der Waals surface area contributed by atoms with E-state index in [1.165, 1.54) is 29.2 Å². The summed E-state index contributed by atoms with van der Waals surface area (Å²) in [5, 5.41) is 9.47. The zero-order valence-corrected chi connectivity index (χ0v) is 23.4. The highest BCUT2D eigenvalue weighted by molar-refractivity contribution is 5.87. The molecule has 1 aromatic heterocycles. The number of piperazine rings is 1. The minimum atomic E-state index is -0.219. The Labute approximate surface area is 231 Å². The predicted molar refractivity (Wildman–Crippen MR) is 150 cm³/mol. The smallest absolute Gasteiger partial charge is 0.318 e. The van der Waals surface area contributed by atoms with Crippen molar-refractivity contribution < 1.29 is 9.53 Å². The number of aromatic nitrogens is 2. The molecule has 0 radical (unpaired) electrons. The van der Waals surface area contributed by atoms with Gasteiger partial charge in [0, 0.05) is 50.9 Å². The largest absolute Gasteiger partial charge is 0.462 e. The molecule has 9 nitrogen and oxygen atoms in total. The number of likely N-dealkylation sites (tertiary alicyclic amines) is 1. The standard InChI is InChI=1S/C30H39N7O2/c1-5-28(38)37-15-14-36(17-24(37)11-12-31)29-26-18-35(16-23-9-6-8-21(2)22(23)3)19-27(26)32-30(33-29)39-20-25-10-7-13-34(25)4/h5-6,8-9,24-25H,1,7,10-11,13-20H2,2-4H3/t24-,25-/m0/s1. The van der Waals surface area contributed by atoms with Gasteiger partial charge in [0.1, 0.15) is 12.4 Å². The van der Waals surface area contributed by atoms with E-state index in [1.54, 1.807) is 4.90 Å². The molecule has 0 bridgehead atoms. The first-order valence-corrected chi connectivity index (χ1v) is 13.9. The zero-order valence-electron chi connectivity index (χ0n) is 23.4. The van der Waals surface area contributed by atoms with Gasteiger partial charge in [-0.2, -0.15) is 15.2 Å². The Bertz CT molecular complexity index is 1270. The van der Waals surface area contributed by atoms with Crippen LogP contribution in [0.2, 0.25) is 0 Å². The van der Waals surface area contributed by atoms with Crippen molar-refractivity contribution in [2.45, 2.75) is 64.8 Å². The number of nitriles is 1. The Balaban J connectivity index is 1.41. The fourth-order valence-corrected chi connectivity index (χ4v) is 6.04. The Morgan fingerprint density at radius 1 is 1.21 bits per heavy atom. The lowest BCUT2D eigenvalue weighted by molar-refractivity contribution is -0.128. The third-order valence-corrected chi connectivity index (χ3v) is 8.56. The number of aryl methyl sites for hydroxylation is 1. The first-order valence-electron chi connectivity index (χ1n) is 13.9. The van der Waals surface area contributed by atoms with E-state index in [4.69, 9.17) is 14.7 Å². The van der Waals surface area contributed by atoms with Crippen molar-refractivity contribution in [3.05, 3.63) is 58.8 Å². The van der Waals surface area contributed by atoms with Crippen LogP contribution < -0.4 is 9.64 Å². The number of hydrogen-bond donors (Lipinski definition) is 0. The van der Waals surface area contributed by atoms with E-state index in [1.807, 2.05) is 0 Å². The molecule has 206 valence electrons. The van der Waals surface area contributed by atoms with Gasteiger partial charge in [0.15, 0.2) is 0 Å². The van der Waals surface area contributed by atoms with Crippen molar-refractivity contribution in [2.24, 2.45) is 0 Å². The lowest BCUT2D eigenvalue weighted by Gasteiger charge is -2.41. The summed E-state index contributed by atoms with van der Waals surface area (Å²) in [5.41, 5.74) is 6.06. The molecule has 9 heteroatoms. The second-order valence-corrected chi connectivity index (χ2v) is 11.0. The number of ether oxygens (including phenoxy) is 1. The summed E-state index contributed by atoms with van der Waals surface area (Å²) in [5.74, 6) is 0.735. The molecule has 3 aliphatic rings. The zero-order chi connectivity index (χ0) is 27.5. The van der Waals surface area contributed by atoms with E-state index < -0.39 is 0 Å². The number of fused-ring (bicyclic) bond motifs is 1. The van der Waals surface area contributed by atoms with Crippen LogP contribution in [0.25, 0.3) is 0 Å². The van der Waals surface area contributed by atoms with E-state index in [2.05, 4.69) is 66.4 Å². The molecule has 2 saturated heterocycles. The average Bonchev–Trinajstić information content (AvgIpc) is 3.54. The van der Waals surface area contributed by atoms with Crippen molar-refractivity contribution >= 4 is 11.7 Å². The number of nitrogens with zero attached hydrogens (tertiary/aromatic N) is 7. The maximum absolute atomic E-state index is 12.5. The third-order valence-electron chi connectivity index (χ3n) is 8.56. The molecule has 2 atom stereocenters. The number of carbonyl (C=O) groups is 1. The molecule has 39 heavy (non-hydrogen) atoms.